The van der Waals surface area contributed by atoms with Crippen LogP contribution in [0, 0.1) is 0 Å². The minimum Gasteiger partial charge on any atom is -0.480 e. The molecule has 0 amide bonds. The molecule has 0 spiro atoms. The van der Waals surface area contributed by atoms with E-state index in [2.05, 4.69) is 29.6 Å². The summed E-state index contributed by atoms with van der Waals surface area (Å²) in [6, 6.07) is 14.6. The van der Waals surface area contributed by atoms with Crippen molar-refractivity contribution >= 4 is 27.8 Å². The van der Waals surface area contributed by atoms with Gasteiger partial charge in [-0.15, -0.1) is 0 Å². The molecular formula is C26H34N2O4S2. The summed E-state index contributed by atoms with van der Waals surface area (Å²) in [7, 11) is -3.92. The largest absolute Gasteiger partial charge is 0.480 e. The molecule has 1 heterocycles. The zero-order chi connectivity index (χ0) is 24.3. The Morgan fingerprint density at radius 3 is 2.21 bits per heavy atom. The van der Waals surface area contributed by atoms with Gasteiger partial charge in [0.15, 0.2) is 0 Å². The second-order valence-corrected chi connectivity index (χ2v) is 13.4. The highest BCUT2D eigenvalue weighted by Crippen LogP contribution is 2.38. The lowest BCUT2D eigenvalue weighted by Gasteiger charge is -2.42. The Morgan fingerprint density at radius 2 is 1.62 bits per heavy atom. The first-order valence-electron chi connectivity index (χ1n) is 12.0. The van der Waals surface area contributed by atoms with Crippen molar-refractivity contribution in [2.24, 2.45) is 0 Å². The van der Waals surface area contributed by atoms with Gasteiger partial charge in [-0.3, -0.25) is 4.79 Å². The number of carboxylic acid groups (broad SMARTS) is 1. The van der Waals surface area contributed by atoms with Gasteiger partial charge in [0.05, 0.1) is 4.90 Å². The van der Waals surface area contributed by atoms with Gasteiger partial charge >= 0.3 is 5.97 Å². The summed E-state index contributed by atoms with van der Waals surface area (Å²) in [6.07, 6.45) is 6.49. The fourth-order valence-electron chi connectivity index (χ4n) is 4.97. The van der Waals surface area contributed by atoms with E-state index in [1.807, 2.05) is 0 Å². The van der Waals surface area contributed by atoms with Crippen molar-refractivity contribution in [1.82, 2.24) is 9.62 Å². The molecule has 0 bridgehead atoms. The van der Waals surface area contributed by atoms with E-state index in [1.54, 1.807) is 38.1 Å². The predicted molar refractivity (Wildman–Crippen MR) is 137 cm³/mol. The third-order valence-corrected chi connectivity index (χ3v) is 10.1. The van der Waals surface area contributed by atoms with Crippen LogP contribution in [-0.2, 0) is 21.4 Å². The van der Waals surface area contributed by atoms with Crippen molar-refractivity contribution in [3.05, 3.63) is 54.1 Å². The van der Waals surface area contributed by atoms with Crippen molar-refractivity contribution < 1.29 is 18.3 Å². The molecule has 1 saturated heterocycles. The topological polar surface area (TPSA) is 86.7 Å². The molecule has 2 aromatic carbocycles. The maximum absolute atomic E-state index is 13.3. The van der Waals surface area contributed by atoms with Crippen LogP contribution >= 0.6 is 11.8 Å². The molecular weight excluding hydrogens is 468 g/mol. The van der Waals surface area contributed by atoms with E-state index in [-0.39, 0.29) is 11.4 Å². The van der Waals surface area contributed by atoms with Crippen LogP contribution in [0.4, 0.5) is 0 Å². The Labute approximate surface area is 207 Å². The van der Waals surface area contributed by atoms with E-state index in [0.717, 1.165) is 22.0 Å². The minimum absolute atomic E-state index is 0.124. The molecule has 8 heteroatoms. The Balaban J connectivity index is 1.46. The molecule has 6 nitrogen and oxygen atoms in total. The van der Waals surface area contributed by atoms with Crippen molar-refractivity contribution in [2.45, 2.75) is 74.2 Å². The molecule has 184 valence electrons. The van der Waals surface area contributed by atoms with Crippen molar-refractivity contribution in [3.63, 3.8) is 0 Å². The molecule has 1 aliphatic heterocycles. The van der Waals surface area contributed by atoms with Crippen LogP contribution in [0.2, 0.25) is 0 Å². The van der Waals surface area contributed by atoms with E-state index in [1.165, 1.54) is 49.4 Å². The number of hydrogen-bond acceptors (Lipinski definition) is 5. The van der Waals surface area contributed by atoms with Gasteiger partial charge in [0.1, 0.15) is 6.04 Å². The highest BCUT2D eigenvalue weighted by Gasteiger charge is 2.48. The number of nitrogens with zero attached hydrogens (tertiary/aromatic N) is 1. The van der Waals surface area contributed by atoms with Gasteiger partial charge in [0.25, 0.3) is 0 Å². The number of carbonyl (C=O) groups is 1. The lowest BCUT2D eigenvalue weighted by molar-refractivity contribution is -0.142. The highest BCUT2D eigenvalue weighted by molar-refractivity contribution is 8.00. The number of benzene rings is 2. The Kier molecular flexibility index (Phi) is 7.72. The molecule has 1 saturated carbocycles. The molecule has 2 aromatic rings. The normalized spacial score (nSPS) is 21.9. The number of thioether (sulfide) groups is 1. The van der Waals surface area contributed by atoms with Crippen molar-refractivity contribution in [2.75, 3.05) is 12.3 Å². The average Bonchev–Trinajstić information content (AvgIpc) is 2.83. The minimum atomic E-state index is -3.92. The van der Waals surface area contributed by atoms with E-state index >= 15 is 0 Å². The second-order valence-electron chi connectivity index (χ2n) is 9.75. The highest BCUT2D eigenvalue weighted by atomic mass is 32.2. The van der Waals surface area contributed by atoms with E-state index in [9.17, 15) is 18.3 Å². The summed E-state index contributed by atoms with van der Waals surface area (Å²) in [6.45, 7) is 4.62. The van der Waals surface area contributed by atoms with Crippen LogP contribution in [0.15, 0.2) is 53.4 Å². The van der Waals surface area contributed by atoms with Gasteiger partial charge in [-0.25, -0.2) is 8.42 Å². The third kappa shape index (κ3) is 5.51. The molecule has 4 rings (SSSR count). The summed E-state index contributed by atoms with van der Waals surface area (Å²) in [5.74, 6) is -0.550. The first-order valence-corrected chi connectivity index (χ1v) is 14.4. The predicted octanol–water partition coefficient (Wildman–Crippen LogP) is 4.75. The van der Waals surface area contributed by atoms with E-state index in [4.69, 9.17) is 0 Å². The molecule has 34 heavy (non-hydrogen) atoms. The lowest BCUT2D eigenvalue weighted by atomic mass is 9.95. The Hall–Kier alpha value is -1.87. The van der Waals surface area contributed by atoms with Crippen LogP contribution in [0.3, 0.4) is 0 Å². The van der Waals surface area contributed by atoms with Crippen molar-refractivity contribution in [3.8, 4) is 11.1 Å². The number of sulfonamides is 1. The fourth-order valence-corrected chi connectivity index (χ4v) is 8.07. The van der Waals surface area contributed by atoms with Gasteiger partial charge < -0.3 is 10.4 Å². The standard InChI is InChI=1S/C26H34N2O4S2/c1-26(2)24(25(29)30)28(16-17-33-26)34(31,32)23-14-12-21(13-15-23)20-10-8-19(9-11-20)18-27-22-6-4-3-5-7-22/h8-15,22,24,27H,3-7,16-18H2,1-2H3,(H,29,30)/t24-/m0/s1. The zero-order valence-corrected chi connectivity index (χ0v) is 21.5. The number of hydrogen-bond donors (Lipinski definition) is 2. The molecule has 1 aliphatic carbocycles. The first-order chi connectivity index (χ1) is 16.2. The maximum Gasteiger partial charge on any atom is 0.323 e. The van der Waals surface area contributed by atoms with Crippen LogP contribution in [0.5, 0.6) is 0 Å². The van der Waals surface area contributed by atoms with Crippen LogP contribution < -0.4 is 5.32 Å². The van der Waals surface area contributed by atoms with Crippen molar-refractivity contribution in [1.29, 1.82) is 0 Å². The summed E-state index contributed by atoms with van der Waals surface area (Å²) in [4.78, 5) is 12.1. The Morgan fingerprint density at radius 1 is 1.03 bits per heavy atom. The van der Waals surface area contributed by atoms with Gasteiger partial charge in [0.2, 0.25) is 10.0 Å². The summed E-state index contributed by atoms with van der Waals surface area (Å²) in [5.41, 5.74) is 3.18. The lowest BCUT2D eigenvalue weighted by Crippen LogP contribution is -2.58. The Bertz CT molecular complexity index is 1090. The number of nitrogens with one attached hydrogen (secondary N) is 1. The fraction of sp³-hybridized carbons (Fsp3) is 0.500. The third-order valence-electron chi connectivity index (χ3n) is 6.91. The van der Waals surface area contributed by atoms with E-state index < -0.39 is 26.8 Å². The van der Waals surface area contributed by atoms with Gasteiger partial charge in [0, 0.05) is 29.6 Å². The summed E-state index contributed by atoms with van der Waals surface area (Å²) in [5, 5.41) is 13.4. The van der Waals surface area contributed by atoms with E-state index in [0.29, 0.717) is 11.8 Å². The van der Waals surface area contributed by atoms with Crippen LogP contribution in [0.1, 0.15) is 51.5 Å². The van der Waals surface area contributed by atoms with Crippen LogP contribution in [0.25, 0.3) is 11.1 Å². The van der Waals surface area contributed by atoms with Gasteiger partial charge in [-0.05, 0) is 55.5 Å². The molecule has 2 fully saturated rings. The number of aliphatic carboxylic acids is 1. The SMILES string of the molecule is CC1(C)SCCN(S(=O)(=O)c2ccc(-c3ccc(CNC4CCCCC4)cc3)cc2)[C@H]1C(=O)O. The molecule has 2 N–H and O–H groups in total. The molecule has 2 aliphatic rings. The summed E-state index contributed by atoms with van der Waals surface area (Å²) < 4.78 is 27.1. The molecule has 0 unspecified atom stereocenters. The smallest absolute Gasteiger partial charge is 0.323 e. The monoisotopic (exact) mass is 502 g/mol. The first kappa shape index (κ1) is 25.2. The van der Waals surface area contributed by atoms with Gasteiger partial charge in [-0.2, -0.15) is 16.1 Å². The molecule has 0 aromatic heterocycles. The quantitative estimate of drug-likeness (QED) is 0.569. The number of carboxylic acids is 1. The molecule has 1 atom stereocenters. The molecule has 0 radical (unpaired) electrons. The van der Waals surface area contributed by atoms with Gasteiger partial charge in [-0.1, -0.05) is 55.7 Å². The van der Waals surface area contributed by atoms with Crippen LogP contribution in [-0.4, -0.2) is 52.9 Å². The maximum atomic E-state index is 13.3. The number of rotatable bonds is 7. The second kappa shape index (κ2) is 10.4. The summed E-state index contributed by atoms with van der Waals surface area (Å²) >= 11 is 1.49. The zero-order valence-electron chi connectivity index (χ0n) is 19.9. The average molecular weight is 503 g/mol.